The van der Waals surface area contributed by atoms with Crippen LogP contribution in [0.2, 0.25) is 0 Å². The van der Waals surface area contributed by atoms with E-state index in [-0.39, 0.29) is 5.71 Å². The summed E-state index contributed by atoms with van der Waals surface area (Å²) in [5, 5.41) is 4.20. The number of Topliss-reactive ketones (excluding diaryl/α,β-unsaturated/α-hetero) is 1. The van der Waals surface area contributed by atoms with Crippen LogP contribution in [0.3, 0.4) is 0 Å². The number of aromatic amines is 2. The third-order valence-electron chi connectivity index (χ3n) is 5.10. The van der Waals surface area contributed by atoms with Crippen molar-refractivity contribution in [2.24, 2.45) is 4.99 Å². The lowest BCUT2D eigenvalue weighted by Crippen LogP contribution is -2.50. The Kier molecular flexibility index (Phi) is 3.94. The summed E-state index contributed by atoms with van der Waals surface area (Å²) in [6, 6.07) is 13.1. The van der Waals surface area contributed by atoms with E-state index in [1.54, 1.807) is 12.4 Å². The van der Waals surface area contributed by atoms with Crippen LogP contribution < -0.4 is 5.32 Å². The van der Waals surface area contributed by atoms with Crippen LogP contribution in [0, 0.1) is 0 Å². The van der Waals surface area contributed by atoms with Crippen molar-refractivity contribution in [1.82, 2.24) is 15.3 Å². The van der Waals surface area contributed by atoms with E-state index in [2.05, 4.69) is 36.2 Å². The third kappa shape index (κ3) is 2.64. The summed E-state index contributed by atoms with van der Waals surface area (Å²) in [6.07, 6.45) is 3.31. The molecule has 2 aromatic carbocycles. The molecule has 0 bridgehead atoms. The number of ketones is 1. The quantitative estimate of drug-likeness (QED) is 0.414. The monoisotopic (exact) mass is 450 g/mol. The molecule has 4 aromatic rings. The molecular weight excluding hydrogens is 436 g/mol. The minimum Gasteiger partial charge on any atom is -0.360 e. The van der Waals surface area contributed by atoms with Gasteiger partial charge in [0, 0.05) is 51.3 Å². The van der Waals surface area contributed by atoms with Crippen molar-refractivity contribution in [1.29, 1.82) is 0 Å². The van der Waals surface area contributed by atoms with Crippen LogP contribution in [0.25, 0.3) is 21.8 Å². The number of para-hydroxylation sites is 1. The first kappa shape index (κ1) is 17.8. The van der Waals surface area contributed by atoms with E-state index in [9.17, 15) is 9.59 Å². The van der Waals surface area contributed by atoms with Gasteiger partial charge in [0.2, 0.25) is 5.78 Å². The van der Waals surface area contributed by atoms with Gasteiger partial charge in [0.05, 0.1) is 5.56 Å². The summed E-state index contributed by atoms with van der Waals surface area (Å²) < 4.78 is 6.38. The summed E-state index contributed by atoms with van der Waals surface area (Å²) in [5.41, 5.74) is 2.82. The topological polar surface area (TPSA) is 99.3 Å². The first-order valence-electron chi connectivity index (χ1n) is 8.88. The summed E-state index contributed by atoms with van der Waals surface area (Å²) in [7, 11) is 1.35. The SMILES string of the molecule is CO[C@@]1(C(=O)c2c[nH]c3ccccc23)N=C(c2c[nH]c3cc(Br)ccc23)C(=O)N1. The molecule has 5 rings (SSSR count). The first-order valence-corrected chi connectivity index (χ1v) is 9.67. The molecule has 1 aliphatic rings. The summed E-state index contributed by atoms with van der Waals surface area (Å²) >= 11 is 3.43. The van der Waals surface area contributed by atoms with Crippen molar-refractivity contribution < 1.29 is 14.3 Å². The fraction of sp³-hybridized carbons (Fsp3) is 0.0952. The molecule has 0 spiro atoms. The van der Waals surface area contributed by atoms with Gasteiger partial charge in [-0.25, -0.2) is 4.99 Å². The second-order valence-corrected chi connectivity index (χ2v) is 7.65. The van der Waals surface area contributed by atoms with Gasteiger partial charge >= 0.3 is 5.85 Å². The van der Waals surface area contributed by atoms with Crippen molar-refractivity contribution in [2.45, 2.75) is 5.85 Å². The molecule has 0 saturated heterocycles. The molecule has 0 unspecified atom stereocenters. The van der Waals surface area contributed by atoms with Gasteiger partial charge in [-0.2, -0.15) is 0 Å². The van der Waals surface area contributed by atoms with Gasteiger partial charge in [-0.15, -0.1) is 0 Å². The number of nitrogens with one attached hydrogen (secondary N) is 3. The molecule has 7 nitrogen and oxygen atoms in total. The van der Waals surface area contributed by atoms with E-state index in [0.29, 0.717) is 11.1 Å². The number of carbonyl (C=O) groups is 2. The Morgan fingerprint density at radius 2 is 1.86 bits per heavy atom. The number of benzene rings is 2. The normalized spacial score (nSPS) is 19.0. The van der Waals surface area contributed by atoms with Gasteiger partial charge < -0.3 is 14.7 Å². The number of nitrogens with zero attached hydrogens (tertiary/aromatic N) is 1. The Morgan fingerprint density at radius 1 is 1.07 bits per heavy atom. The third-order valence-corrected chi connectivity index (χ3v) is 5.60. The van der Waals surface area contributed by atoms with Crippen molar-refractivity contribution in [2.75, 3.05) is 7.11 Å². The summed E-state index contributed by atoms with van der Waals surface area (Å²) in [5.74, 6) is -2.72. The second kappa shape index (κ2) is 6.40. The standard InChI is InChI=1S/C21H15BrN4O3/c1-29-21(19(27)15-10-23-16-5-3-2-4-12(15)16)25-18(20(28)26-21)14-9-24-17-8-11(22)6-7-13(14)17/h2-10,23-24H,1H3,(H,26,28)/t21-/m0/s1. The predicted molar refractivity (Wildman–Crippen MR) is 113 cm³/mol. The number of fused-ring (bicyclic) bond motifs is 2. The average Bonchev–Trinajstić information content (AvgIpc) is 3.42. The van der Waals surface area contributed by atoms with Crippen LogP contribution in [-0.2, 0) is 9.53 Å². The number of H-pyrrole nitrogens is 2. The molecule has 144 valence electrons. The number of aromatic nitrogens is 2. The summed E-state index contributed by atoms with van der Waals surface area (Å²) in [6.45, 7) is 0. The lowest BCUT2D eigenvalue weighted by molar-refractivity contribution is -0.119. The highest BCUT2D eigenvalue weighted by atomic mass is 79.9. The molecule has 1 atom stereocenters. The predicted octanol–water partition coefficient (Wildman–Crippen LogP) is 3.51. The van der Waals surface area contributed by atoms with Crippen LogP contribution >= 0.6 is 15.9 Å². The Morgan fingerprint density at radius 3 is 2.69 bits per heavy atom. The molecule has 2 aromatic heterocycles. The number of hydrogen-bond donors (Lipinski definition) is 3. The highest BCUT2D eigenvalue weighted by Crippen LogP contribution is 2.30. The molecule has 0 radical (unpaired) electrons. The van der Waals surface area contributed by atoms with Crippen molar-refractivity contribution in [3.05, 3.63) is 70.5 Å². The number of amides is 1. The molecule has 3 heterocycles. The zero-order valence-corrected chi connectivity index (χ0v) is 16.8. The largest absolute Gasteiger partial charge is 0.360 e. The van der Waals surface area contributed by atoms with Crippen molar-refractivity contribution >= 4 is 55.1 Å². The molecule has 3 N–H and O–H groups in total. The minimum atomic E-state index is -1.81. The number of halogens is 1. The van der Waals surface area contributed by atoms with Gasteiger partial charge in [-0.1, -0.05) is 40.2 Å². The highest BCUT2D eigenvalue weighted by molar-refractivity contribution is 9.10. The fourth-order valence-corrected chi connectivity index (χ4v) is 4.03. The molecule has 8 heteroatoms. The van der Waals surface area contributed by atoms with Crippen LogP contribution in [0.4, 0.5) is 0 Å². The molecule has 0 fully saturated rings. The molecular formula is C21H15BrN4O3. The summed E-state index contributed by atoms with van der Waals surface area (Å²) in [4.78, 5) is 36.8. The van der Waals surface area contributed by atoms with Crippen LogP contribution in [-0.4, -0.2) is 40.3 Å². The maximum atomic E-state index is 13.4. The van der Waals surface area contributed by atoms with Gasteiger partial charge in [0.25, 0.3) is 5.91 Å². The number of carbonyl (C=O) groups excluding carboxylic acids is 2. The Labute approximate surface area is 173 Å². The van der Waals surface area contributed by atoms with Gasteiger partial charge in [0.1, 0.15) is 5.71 Å². The number of ether oxygens (including phenoxy) is 1. The lowest BCUT2D eigenvalue weighted by atomic mass is 10.1. The van der Waals surface area contributed by atoms with E-state index in [4.69, 9.17) is 4.74 Å². The van der Waals surface area contributed by atoms with E-state index >= 15 is 0 Å². The van der Waals surface area contributed by atoms with Crippen LogP contribution in [0.5, 0.6) is 0 Å². The Hall–Kier alpha value is -3.23. The van der Waals surface area contributed by atoms with E-state index in [0.717, 1.165) is 26.3 Å². The minimum absolute atomic E-state index is 0.147. The fourth-order valence-electron chi connectivity index (χ4n) is 3.66. The van der Waals surface area contributed by atoms with Crippen molar-refractivity contribution in [3.8, 4) is 0 Å². The molecule has 1 aliphatic heterocycles. The second-order valence-electron chi connectivity index (χ2n) is 6.73. The van der Waals surface area contributed by atoms with Crippen molar-refractivity contribution in [3.63, 3.8) is 0 Å². The lowest BCUT2D eigenvalue weighted by Gasteiger charge is -2.22. The van der Waals surface area contributed by atoms with E-state index < -0.39 is 17.5 Å². The molecule has 0 saturated carbocycles. The van der Waals surface area contributed by atoms with Crippen LogP contribution in [0.1, 0.15) is 15.9 Å². The number of methoxy groups -OCH3 is 1. The smallest absolute Gasteiger partial charge is 0.306 e. The number of rotatable bonds is 4. The maximum Gasteiger partial charge on any atom is 0.306 e. The molecule has 0 aliphatic carbocycles. The van der Waals surface area contributed by atoms with E-state index in [1.807, 2.05) is 42.5 Å². The number of hydrogen-bond acceptors (Lipinski definition) is 4. The zero-order chi connectivity index (χ0) is 20.2. The highest BCUT2D eigenvalue weighted by Gasteiger charge is 2.48. The first-order chi connectivity index (χ1) is 14.0. The van der Waals surface area contributed by atoms with Gasteiger partial charge in [-0.3, -0.25) is 14.9 Å². The van der Waals surface area contributed by atoms with Crippen LogP contribution in [0.15, 0.2) is 64.3 Å². The van der Waals surface area contributed by atoms with Gasteiger partial charge in [0.15, 0.2) is 0 Å². The molecule has 29 heavy (non-hydrogen) atoms. The Bertz CT molecular complexity index is 1340. The number of aliphatic imine (C=N–C) groups is 1. The Balaban J connectivity index is 1.63. The van der Waals surface area contributed by atoms with Gasteiger partial charge in [-0.05, 0) is 18.2 Å². The zero-order valence-electron chi connectivity index (χ0n) is 15.2. The molecule has 1 amide bonds. The average molecular weight is 451 g/mol. The maximum absolute atomic E-state index is 13.4. The van der Waals surface area contributed by atoms with E-state index in [1.165, 1.54) is 7.11 Å².